The average Bonchev–Trinajstić information content (AvgIpc) is 3.79. The van der Waals surface area contributed by atoms with Gasteiger partial charge < -0.3 is 14.0 Å². The minimum atomic E-state index is -4.59. The molecule has 9 rings (SSSR count). The fraction of sp³-hybridized carbons (Fsp3) is 0.240. The molecule has 5 aromatic heterocycles. The van der Waals surface area contributed by atoms with Crippen LogP contribution in [0.1, 0.15) is 67.6 Å². The van der Waals surface area contributed by atoms with Crippen molar-refractivity contribution < 1.29 is 37.7 Å². The maximum atomic E-state index is 13.5. The summed E-state index contributed by atoms with van der Waals surface area (Å²) in [4.78, 5) is 18.5. The number of nitrogens with zero attached hydrogens (tertiary/aromatic N) is 5. The molecule has 0 fully saturated rings. The second-order valence-corrected chi connectivity index (χ2v) is 22.1. The molecular weight excluding hydrogens is 964 g/mol. The molecule has 0 aliphatic rings. The number of benzene rings is 4. The molecule has 0 unspecified atom stereocenters. The van der Waals surface area contributed by atoms with Crippen LogP contribution in [0.5, 0.6) is 0 Å². The Balaban J connectivity index is 0.000000262. The number of furan rings is 1. The van der Waals surface area contributed by atoms with Gasteiger partial charge in [0.15, 0.2) is 0 Å². The van der Waals surface area contributed by atoms with Gasteiger partial charge in [-0.05, 0) is 65.0 Å². The van der Waals surface area contributed by atoms with Crippen LogP contribution in [0, 0.1) is 26.0 Å². The summed E-state index contributed by atoms with van der Waals surface area (Å²) in [6, 6.07) is 37.4. The minimum absolute atomic E-state index is 0. The fourth-order valence-electron chi connectivity index (χ4n) is 7.60. The number of para-hydroxylation sites is 1. The average molecular weight is 1010 g/mol. The van der Waals surface area contributed by atoms with Gasteiger partial charge in [-0.1, -0.05) is 108 Å². The first-order valence-corrected chi connectivity index (χ1v) is 23.7. The van der Waals surface area contributed by atoms with E-state index in [-0.39, 0.29) is 37.7 Å². The summed E-state index contributed by atoms with van der Waals surface area (Å²) < 4.78 is 48.8. The van der Waals surface area contributed by atoms with E-state index in [4.69, 9.17) is 14.4 Å². The standard InChI is InChI=1S/C35H28F3N4O.C15H18NSi.Ir/c1-18(2)22-8-6-9-23(19(3)4)30(22)42-31-27(16-14-21-13-12-20(5)39-29(21)31)40-33(42)26-11-7-10-24-25-15-17-28(35(36,37)38)41-34(25)43-32(24)26;1-12-5-7-13(8-6-12)15-10-9-14(11-16-15)17(2,3)4;/h6-10,12-19H,1-5H3;5-7,9-11H,1-4H3;/q2*-1;. The van der Waals surface area contributed by atoms with E-state index < -0.39 is 19.9 Å². The number of pyridine rings is 3. The number of hydrogen-bond acceptors (Lipinski definition) is 5. The molecule has 0 spiro atoms. The summed E-state index contributed by atoms with van der Waals surface area (Å²) in [6.45, 7) is 19.7. The molecule has 5 heterocycles. The Morgan fingerprint density at radius 2 is 1.48 bits per heavy atom. The van der Waals surface area contributed by atoms with Crippen LogP contribution in [-0.4, -0.2) is 32.6 Å². The molecule has 0 saturated carbocycles. The second kappa shape index (κ2) is 16.8. The zero-order chi connectivity index (χ0) is 42.7. The first-order chi connectivity index (χ1) is 28.5. The van der Waals surface area contributed by atoms with Crippen LogP contribution < -0.4 is 5.19 Å². The maximum Gasteiger partial charge on any atom is 0.433 e. The van der Waals surface area contributed by atoms with Crippen LogP contribution in [0.25, 0.3) is 72.3 Å². The normalized spacial score (nSPS) is 12.1. The Kier molecular flexibility index (Phi) is 12.0. The number of fused-ring (bicyclic) bond motifs is 6. The van der Waals surface area contributed by atoms with Crippen molar-refractivity contribution in [2.45, 2.75) is 79.2 Å². The summed E-state index contributed by atoms with van der Waals surface area (Å²) in [7, 11) is -1.24. The summed E-state index contributed by atoms with van der Waals surface area (Å²) in [6.07, 6.45) is -2.56. The topological polar surface area (TPSA) is 69.6 Å². The zero-order valence-electron chi connectivity index (χ0n) is 35.6. The Bertz CT molecular complexity index is 3010. The van der Waals surface area contributed by atoms with Gasteiger partial charge in [-0.25, -0.2) is 4.98 Å². The molecular formula is C50H46F3IrN5OSi-2. The summed E-state index contributed by atoms with van der Waals surface area (Å²) in [5.41, 5.74) is 9.73. The Morgan fingerprint density at radius 1 is 0.754 bits per heavy atom. The Labute approximate surface area is 368 Å². The molecule has 0 saturated heterocycles. The molecule has 0 N–H and O–H groups in total. The molecule has 0 amide bonds. The molecule has 4 aromatic carbocycles. The smallest absolute Gasteiger partial charge is 0.433 e. The number of aromatic nitrogens is 5. The molecule has 9 aromatic rings. The summed E-state index contributed by atoms with van der Waals surface area (Å²) in [5.74, 6) is 0.959. The van der Waals surface area contributed by atoms with Crippen molar-refractivity contribution >= 4 is 57.3 Å². The Morgan fingerprint density at radius 3 is 2.10 bits per heavy atom. The second-order valence-electron chi connectivity index (χ2n) is 17.0. The van der Waals surface area contributed by atoms with Crippen molar-refractivity contribution in [3.8, 4) is 28.3 Å². The van der Waals surface area contributed by atoms with E-state index in [1.165, 1.54) is 16.8 Å². The third kappa shape index (κ3) is 8.43. The molecule has 61 heavy (non-hydrogen) atoms. The number of hydrogen-bond donors (Lipinski definition) is 0. The van der Waals surface area contributed by atoms with Gasteiger partial charge in [-0.2, -0.15) is 13.2 Å². The van der Waals surface area contributed by atoms with Crippen LogP contribution in [0.2, 0.25) is 19.6 Å². The molecule has 313 valence electrons. The minimum Gasteiger partial charge on any atom is -0.486 e. The fourth-order valence-corrected chi connectivity index (χ4v) is 8.64. The van der Waals surface area contributed by atoms with Gasteiger partial charge in [0.1, 0.15) is 5.69 Å². The molecule has 0 aliphatic heterocycles. The molecule has 11 heteroatoms. The van der Waals surface area contributed by atoms with E-state index in [1.54, 1.807) is 12.1 Å². The van der Waals surface area contributed by atoms with Crippen LogP contribution in [0.4, 0.5) is 13.2 Å². The number of rotatable bonds is 6. The third-order valence-corrected chi connectivity index (χ3v) is 12.9. The van der Waals surface area contributed by atoms with Crippen LogP contribution >= 0.6 is 0 Å². The summed E-state index contributed by atoms with van der Waals surface area (Å²) in [5, 5.41) is 3.51. The monoisotopic (exact) mass is 1010 g/mol. The first kappa shape index (κ1) is 43.6. The first-order valence-electron chi connectivity index (χ1n) is 20.2. The predicted octanol–water partition coefficient (Wildman–Crippen LogP) is 13.3. The number of alkyl halides is 3. The van der Waals surface area contributed by atoms with E-state index in [1.807, 2.05) is 37.4 Å². The van der Waals surface area contributed by atoms with Crippen molar-refractivity contribution in [3.05, 3.63) is 143 Å². The molecule has 0 atom stereocenters. The zero-order valence-corrected chi connectivity index (χ0v) is 39.0. The van der Waals surface area contributed by atoms with Gasteiger partial charge in [-0.3, -0.25) is 9.97 Å². The maximum absolute atomic E-state index is 13.5. The number of aryl methyl sites for hydroxylation is 2. The van der Waals surface area contributed by atoms with E-state index in [0.29, 0.717) is 27.7 Å². The van der Waals surface area contributed by atoms with Gasteiger partial charge in [0.2, 0.25) is 5.71 Å². The quantitative estimate of drug-likeness (QED) is 0.123. The molecule has 6 nitrogen and oxygen atoms in total. The number of halogens is 3. The Hall–Kier alpha value is -5.48. The summed E-state index contributed by atoms with van der Waals surface area (Å²) >= 11 is 0. The van der Waals surface area contributed by atoms with Gasteiger partial charge in [0, 0.05) is 48.5 Å². The van der Waals surface area contributed by atoms with Crippen molar-refractivity contribution in [2.75, 3.05) is 0 Å². The van der Waals surface area contributed by atoms with E-state index in [9.17, 15) is 13.2 Å². The van der Waals surface area contributed by atoms with Gasteiger partial charge in [0.25, 0.3) is 0 Å². The molecule has 0 bridgehead atoms. The van der Waals surface area contributed by atoms with Crippen LogP contribution in [0.3, 0.4) is 0 Å². The number of imidazole rings is 1. The largest absolute Gasteiger partial charge is 0.486 e. The van der Waals surface area contributed by atoms with Gasteiger partial charge >= 0.3 is 6.18 Å². The van der Waals surface area contributed by atoms with Gasteiger partial charge in [0.05, 0.1) is 36.0 Å². The van der Waals surface area contributed by atoms with Crippen molar-refractivity contribution in [2.24, 2.45) is 0 Å². The molecule has 0 aliphatic carbocycles. The third-order valence-electron chi connectivity index (χ3n) is 10.9. The predicted molar refractivity (Wildman–Crippen MR) is 240 cm³/mol. The van der Waals surface area contributed by atoms with Crippen molar-refractivity contribution in [3.63, 3.8) is 0 Å². The molecule has 1 radical (unpaired) electrons. The van der Waals surface area contributed by atoms with E-state index in [2.05, 4.69) is 129 Å². The van der Waals surface area contributed by atoms with Gasteiger partial charge in [-0.15, -0.1) is 53.6 Å². The van der Waals surface area contributed by atoms with E-state index >= 15 is 0 Å². The SMILES string of the molecule is Cc1c[c-]c(-c2ccc([Si](C)(C)C)cn2)cc1.Cc1ccc2ccc3nc(-c4[c-]ccc5c4oc4nc(C(F)(F)F)ccc45)n(-c4c(C(C)C)cccc4C(C)C)c3c2n1.[Ir]. The van der Waals surface area contributed by atoms with Crippen molar-refractivity contribution in [1.82, 2.24) is 24.5 Å². The van der Waals surface area contributed by atoms with Crippen molar-refractivity contribution in [1.29, 1.82) is 0 Å². The van der Waals surface area contributed by atoms with Crippen LogP contribution in [0.15, 0.2) is 108 Å². The van der Waals surface area contributed by atoms with Crippen LogP contribution in [-0.2, 0) is 26.3 Å². The van der Waals surface area contributed by atoms with E-state index in [0.717, 1.165) is 61.8 Å².